The molecule has 6 heteroatoms. The van der Waals surface area contributed by atoms with Crippen molar-refractivity contribution in [3.8, 4) is 0 Å². The maximum atomic E-state index is 12.2. The number of carbonyl (C=O) groups is 2. The minimum Gasteiger partial charge on any atom is -0.480 e. The molecule has 1 atom stereocenters. The molecule has 1 fully saturated rings. The van der Waals surface area contributed by atoms with Gasteiger partial charge in [-0.3, -0.25) is 14.6 Å². The van der Waals surface area contributed by atoms with Crippen molar-refractivity contribution >= 4 is 11.9 Å². The summed E-state index contributed by atoms with van der Waals surface area (Å²) >= 11 is 0. The molecule has 0 spiro atoms. The van der Waals surface area contributed by atoms with Gasteiger partial charge in [0, 0.05) is 32.7 Å². The molecule has 1 aliphatic heterocycles. The normalized spacial score (nSPS) is 17.4. The van der Waals surface area contributed by atoms with Gasteiger partial charge >= 0.3 is 5.97 Å². The molecule has 2 rings (SSSR count). The van der Waals surface area contributed by atoms with E-state index in [1.807, 2.05) is 32.0 Å². The van der Waals surface area contributed by atoms with Gasteiger partial charge in [-0.1, -0.05) is 44.2 Å². The van der Waals surface area contributed by atoms with E-state index in [1.165, 1.54) is 5.56 Å². The third kappa shape index (κ3) is 6.84. The molecule has 25 heavy (non-hydrogen) atoms. The molecule has 0 saturated carbocycles. The molecule has 0 unspecified atom stereocenters. The summed E-state index contributed by atoms with van der Waals surface area (Å²) in [5.74, 6) is -0.942. The van der Waals surface area contributed by atoms with Gasteiger partial charge in [0.25, 0.3) is 0 Å². The number of aliphatic carboxylic acids is 1. The lowest BCUT2D eigenvalue weighted by atomic mass is 10.0. The smallest absolute Gasteiger partial charge is 0.326 e. The fourth-order valence-corrected chi connectivity index (χ4v) is 3.08. The second kappa shape index (κ2) is 9.53. The molecule has 0 radical (unpaired) electrons. The summed E-state index contributed by atoms with van der Waals surface area (Å²) in [6.45, 7) is 8.57. The summed E-state index contributed by atoms with van der Waals surface area (Å²) in [5, 5.41) is 11.9. The number of nitrogens with one attached hydrogen (secondary N) is 1. The number of carbonyl (C=O) groups excluding carboxylic acids is 1. The molecule has 0 bridgehead atoms. The van der Waals surface area contributed by atoms with E-state index in [4.69, 9.17) is 0 Å². The Bertz CT molecular complexity index is 554. The molecule has 1 aromatic rings. The molecule has 1 aromatic carbocycles. The quantitative estimate of drug-likeness (QED) is 0.744. The number of benzene rings is 1. The lowest BCUT2D eigenvalue weighted by Gasteiger charge is -2.34. The Kier molecular flexibility index (Phi) is 7.40. The van der Waals surface area contributed by atoms with E-state index >= 15 is 0 Å². The fraction of sp³-hybridized carbons (Fsp3) is 0.579. The number of carboxylic acid groups (broad SMARTS) is 1. The molecule has 2 N–H and O–H groups in total. The van der Waals surface area contributed by atoms with Crippen LogP contribution in [0.1, 0.15) is 25.8 Å². The largest absolute Gasteiger partial charge is 0.480 e. The first-order valence-corrected chi connectivity index (χ1v) is 8.95. The molecule has 1 amide bonds. The number of hydrogen-bond acceptors (Lipinski definition) is 4. The average Bonchev–Trinajstić information content (AvgIpc) is 2.56. The van der Waals surface area contributed by atoms with Crippen LogP contribution >= 0.6 is 0 Å². The van der Waals surface area contributed by atoms with E-state index in [1.54, 1.807) is 0 Å². The highest BCUT2D eigenvalue weighted by Crippen LogP contribution is 2.09. The number of rotatable bonds is 8. The molecule has 6 nitrogen and oxygen atoms in total. The maximum Gasteiger partial charge on any atom is 0.326 e. The Morgan fingerprint density at radius 1 is 1.08 bits per heavy atom. The van der Waals surface area contributed by atoms with Gasteiger partial charge in [-0.25, -0.2) is 4.79 Å². The second-order valence-corrected chi connectivity index (χ2v) is 7.13. The summed E-state index contributed by atoms with van der Waals surface area (Å²) < 4.78 is 0. The van der Waals surface area contributed by atoms with Crippen LogP contribution in [-0.2, 0) is 16.1 Å². The zero-order valence-electron chi connectivity index (χ0n) is 15.1. The van der Waals surface area contributed by atoms with Crippen LogP contribution in [0.25, 0.3) is 0 Å². The van der Waals surface area contributed by atoms with Crippen LogP contribution in [0.3, 0.4) is 0 Å². The maximum absolute atomic E-state index is 12.2. The molecule has 0 aliphatic carbocycles. The van der Waals surface area contributed by atoms with Crippen molar-refractivity contribution < 1.29 is 14.7 Å². The molecule has 138 valence electrons. The predicted molar refractivity (Wildman–Crippen MR) is 97.2 cm³/mol. The first kappa shape index (κ1) is 19.4. The minimum absolute atomic E-state index is 0.204. The highest BCUT2D eigenvalue weighted by molar-refractivity contribution is 5.84. The number of hydrogen-bond donors (Lipinski definition) is 2. The lowest BCUT2D eigenvalue weighted by molar-refractivity contribution is -0.142. The predicted octanol–water partition coefficient (Wildman–Crippen LogP) is 1.42. The van der Waals surface area contributed by atoms with Gasteiger partial charge in [0.2, 0.25) is 5.91 Å². The molecule has 0 aromatic heterocycles. The molecule has 1 saturated heterocycles. The van der Waals surface area contributed by atoms with E-state index < -0.39 is 12.0 Å². The summed E-state index contributed by atoms with van der Waals surface area (Å²) in [5.41, 5.74) is 1.30. The van der Waals surface area contributed by atoms with Crippen LogP contribution in [0, 0.1) is 5.92 Å². The van der Waals surface area contributed by atoms with Crippen molar-refractivity contribution in [1.29, 1.82) is 0 Å². The van der Waals surface area contributed by atoms with Crippen LogP contribution in [0.4, 0.5) is 0 Å². The van der Waals surface area contributed by atoms with Crippen molar-refractivity contribution in [2.24, 2.45) is 5.92 Å². The monoisotopic (exact) mass is 347 g/mol. The van der Waals surface area contributed by atoms with Crippen LogP contribution < -0.4 is 5.32 Å². The number of nitrogens with zero attached hydrogens (tertiary/aromatic N) is 2. The highest BCUT2D eigenvalue weighted by Gasteiger charge is 2.23. The standard InChI is InChI=1S/C19H29N3O3/c1-15(2)12-17(19(24)25)20-18(23)14-22-10-8-21(9-11-22)13-16-6-4-3-5-7-16/h3-7,15,17H,8-14H2,1-2H3,(H,20,23)(H,24,25)/t17-/m1/s1. The second-order valence-electron chi connectivity index (χ2n) is 7.13. The number of piperazine rings is 1. The Balaban J connectivity index is 1.73. The summed E-state index contributed by atoms with van der Waals surface area (Å²) in [4.78, 5) is 27.9. The molecular formula is C19H29N3O3. The summed E-state index contributed by atoms with van der Waals surface area (Å²) in [6.07, 6.45) is 0.450. The zero-order valence-corrected chi connectivity index (χ0v) is 15.1. The first-order chi connectivity index (χ1) is 11.9. The van der Waals surface area contributed by atoms with Crippen molar-refractivity contribution in [2.75, 3.05) is 32.7 Å². The Morgan fingerprint density at radius 2 is 1.68 bits per heavy atom. The van der Waals surface area contributed by atoms with Crippen LogP contribution in [0.5, 0.6) is 0 Å². The number of amides is 1. The number of carboxylic acids is 1. The fourth-order valence-electron chi connectivity index (χ4n) is 3.08. The van der Waals surface area contributed by atoms with Crippen LogP contribution in [-0.4, -0.2) is 65.5 Å². The molecule has 1 heterocycles. The highest BCUT2D eigenvalue weighted by atomic mass is 16.4. The van der Waals surface area contributed by atoms with E-state index in [0.29, 0.717) is 6.42 Å². The third-order valence-corrected chi connectivity index (χ3v) is 4.42. The minimum atomic E-state index is -0.963. The summed E-state index contributed by atoms with van der Waals surface area (Å²) in [7, 11) is 0. The van der Waals surface area contributed by atoms with E-state index in [-0.39, 0.29) is 18.4 Å². The Morgan fingerprint density at radius 3 is 2.24 bits per heavy atom. The van der Waals surface area contributed by atoms with Gasteiger partial charge in [0.15, 0.2) is 0 Å². The Hall–Kier alpha value is -1.92. The van der Waals surface area contributed by atoms with Crippen LogP contribution in [0.2, 0.25) is 0 Å². The van der Waals surface area contributed by atoms with E-state index in [0.717, 1.165) is 32.7 Å². The van der Waals surface area contributed by atoms with Crippen LogP contribution in [0.15, 0.2) is 30.3 Å². The van der Waals surface area contributed by atoms with Gasteiger partial charge in [-0.05, 0) is 17.9 Å². The molecule has 1 aliphatic rings. The van der Waals surface area contributed by atoms with Gasteiger partial charge < -0.3 is 10.4 Å². The lowest BCUT2D eigenvalue weighted by Crippen LogP contribution is -2.51. The first-order valence-electron chi connectivity index (χ1n) is 8.95. The summed E-state index contributed by atoms with van der Waals surface area (Å²) in [6, 6.07) is 9.56. The van der Waals surface area contributed by atoms with Crippen molar-refractivity contribution in [3.05, 3.63) is 35.9 Å². The van der Waals surface area contributed by atoms with Gasteiger partial charge in [-0.2, -0.15) is 0 Å². The topological polar surface area (TPSA) is 72.9 Å². The SMILES string of the molecule is CC(C)C[C@@H](NC(=O)CN1CCN(Cc2ccccc2)CC1)C(=O)O. The van der Waals surface area contributed by atoms with Crippen molar-refractivity contribution in [2.45, 2.75) is 32.9 Å². The van der Waals surface area contributed by atoms with Crippen molar-refractivity contribution in [3.63, 3.8) is 0 Å². The third-order valence-electron chi connectivity index (χ3n) is 4.42. The van der Waals surface area contributed by atoms with Gasteiger partial charge in [-0.15, -0.1) is 0 Å². The zero-order chi connectivity index (χ0) is 18.2. The van der Waals surface area contributed by atoms with Gasteiger partial charge in [0.05, 0.1) is 6.54 Å². The van der Waals surface area contributed by atoms with E-state index in [2.05, 4.69) is 27.2 Å². The van der Waals surface area contributed by atoms with Crippen molar-refractivity contribution in [1.82, 2.24) is 15.1 Å². The van der Waals surface area contributed by atoms with E-state index in [9.17, 15) is 14.7 Å². The molecular weight excluding hydrogens is 318 g/mol. The Labute approximate surface area is 149 Å². The van der Waals surface area contributed by atoms with Gasteiger partial charge in [0.1, 0.15) is 6.04 Å². The average molecular weight is 347 g/mol.